The van der Waals surface area contributed by atoms with E-state index in [0.29, 0.717) is 13.2 Å². The molecule has 0 unspecified atom stereocenters. The van der Waals surface area contributed by atoms with E-state index in [0.717, 1.165) is 64.0 Å². The van der Waals surface area contributed by atoms with Gasteiger partial charge in [0, 0.05) is 29.2 Å². The molecule has 1 aromatic carbocycles. The Balaban J connectivity index is 1.34. The largest absolute Gasteiger partial charge is 0.489 e. The molecule has 0 saturated heterocycles. The molecule has 0 atom stereocenters. The highest BCUT2D eigenvalue weighted by atomic mass is 16.6. The maximum absolute atomic E-state index is 6.01. The molecule has 0 spiro atoms. The second-order valence-electron chi connectivity index (χ2n) is 8.40. The van der Waals surface area contributed by atoms with Crippen LogP contribution in [0.5, 0.6) is 5.75 Å². The molecular formula is C29H30N4O2. The van der Waals surface area contributed by atoms with Crippen molar-refractivity contribution in [3.63, 3.8) is 0 Å². The van der Waals surface area contributed by atoms with Crippen molar-refractivity contribution in [1.29, 1.82) is 0 Å². The summed E-state index contributed by atoms with van der Waals surface area (Å²) in [6.45, 7) is 6.85. The van der Waals surface area contributed by atoms with Gasteiger partial charge in [-0.25, -0.2) is 0 Å². The van der Waals surface area contributed by atoms with Gasteiger partial charge >= 0.3 is 0 Å². The van der Waals surface area contributed by atoms with Gasteiger partial charge in [-0.1, -0.05) is 47.6 Å². The molecule has 3 aromatic heterocycles. The van der Waals surface area contributed by atoms with Crippen LogP contribution in [0, 0.1) is 13.8 Å². The standard InChI is InChI=1S/C29H30N4O2/c1-21-10-7-15-27(30-21)23(3)33-35-17-9-14-25-13-8-16-28(32-25)29-19-26(18-22(2)31-29)34-20-24-11-5-4-6-12-24/h4-8,10-13,15-16,18-19H,9,14,17,20H2,1-3H3/b33-23+. The fourth-order valence-corrected chi connectivity index (χ4v) is 3.61. The lowest BCUT2D eigenvalue weighted by atomic mass is 10.1. The molecule has 0 aliphatic rings. The second kappa shape index (κ2) is 11.9. The Morgan fingerprint density at radius 2 is 1.63 bits per heavy atom. The van der Waals surface area contributed by atoms with Crippen molar-refractivity contribution in [2.75, 3.05) is 6.61 Å². The number of benzene rings is 1. The van der Waals surface area contributed by atoms with Crippen molar-refractivity contribution in [2.45, 2.75) is 40.2 Å². The van der Waals surface area contributed by atoms with E-state index in [1.807, 2.05) is 87.5 Å². The molecule has 0 N–H and O–H groups in total. The maximum atomic E-state index is 6.01. The van der Waals surface area contributed by atoms with E-state index in [1.54, 1.807) is 0 Å². The minimum absolute atomic E-state index is 0.509. The van der Waals surface area contributed by atoms with E-state index in [-0.39, 0.29) is 0 Å². The summed E-state index contributed by atoms with van der Waals surface area (Å²) in [5, 5.41) is 4.20. The smallest absolute Gasteiger partial charge is 0.123 e. The molecule has 0 bridgehead atoms. The van der Waals surface area contributed by atoms with Crippen molar-refractivity contribution < 1.29 is 9.57 Å². The van der Waals surface area contributed by atoms with Crippen molar-refractivity contribution in [1.82, 2.24) is 15.0 Å². The molecule has 6 heteroatoms. The van der Waals surface area contributed by atoms with Crippen molar-refractivity contribution in [3.8, 4) is 17.1 Å². The van der Waals surface area contributed by atoms with Crippen LogP contribution in [0.15, 0.2) is 84.0 Å². The second-order valence-corrected chi connectivity index (χ2v) is 8.40. The lowest BCUT2D eigenvalue weighted by molar-refractivity contribution is 0.141. The summed E-state index contributed by atoms with van der Waals surface area (Å²) in [5.74, 6) is 0.785. The molecule has 178 valence electrons. The number of aromatic nitrogens is 3. The van der Waals surface area contributed by atoms with Gasteiger partial charge in [0.1, 0.15) is 24.7 Å². The molecule has 3 heterocycles. The maximum Gasteiger partial charge on any atom is 0.123 e. The third kappa shape index (κ3) is 7.21. The zero-order valence-electron chi connectivity index (χ0n) is 20.4. The lowest BCUT2D eigenvalue weighted by Gasteiger charge is -2.10. The zero-order valence-corrected chi connectivity index (χ0v) is 20.4. The summed E-state index contributed by atoms with van der Waals surface area (Å²) in [6, 6.07) is 25.9. The van der Waals surface area contributed by atoms with Crippen LogP contribution < -0.4 is 4.74 Å². The van der Waals surface area contributed by atoms with Gasteiger partial charge in [-0.15, -0.1) is 0 Å². The molecule has 4 rings (SSSR count). The topological polar surface area (TPSA) is 69.5 Å². The molecule has 6 nitrogen and oxygen atoms in total. The minimum atomic E-state index is 0.509. The van der Waals surface area contributed by atoms with E-state index in [9.17, 15) is 0 Å². The molecule has 4 aromatic rings. The van der Waals surface area contributed by atoms with Crippen LogP contribution in [-0.2, 0) is 17.9 Å². The first-order valence-corrected chi connectivity index (χ1v) is 11.8. The number of rotatable bonds is 10. The predicted molar refractivity (Wildman–Crippen MR) is 138 cm³/mol. The van der Waals surface area contributed by atoms with Crippen LogP contribution in [-0.4, -0.2) is 27.3 Å². The third-order valence-electron chi connectivity index (χ3n) is 5.37. The van der Waals surface area contributed by atoms with Crippen molar-refractivity contribution >= 4 is 5.71 Å². The summed E-state index contributed by atoms with van der Waals surface area (Å²) in [5.41, 5.74) is 7.20. The van der Waals surface area contributed by atoms with Gasteiger partial charge in [0.2, 0.25) is 0 Å². The average molecular weight is 467 g/mol. The molecule has 0 saturated carbocycles. The Morgan fingerprint density at radius 1 is 0.800 bits per heavy atom. The molecule has 0 radical (unpaired) electrons. The van der Waals surface area contributed by atoms with Gasteiger partial charge in [-0.05, 0) is 63.4 Å². The molecule has 0 fully saturated rings. The Bertz CT molecular complexity index is 1290. The highest BCUT2D eigenvalue weighted by Crippen LogP contribution is 2.23. The first kappa shape index (κ1) is 24.1. The molecule has 0 aliphatic heterocycles. The van der Waals surface area contributed by atoms with Crippen LogP contribution >= 0.6 is 0 Å². The number of pyridine rings is 3. The molecule has 35 heavy (non-hydrogen) atoms. The van der Waals surface area contributed by atoms with Crippen LogP contribution in [0.1, 0.15) is 41.7 Å². The summed E-state index contributed by atoms with van der Waals surface area (Å²) in [4.78, 5) is 19.5. The van der Waals surface area contributed by atoms with Gasteiger partial charge in [-0.2, -0.15) is 0 Å². The van der Waals surface area contributed by atoms with Gasteiger partial charge in [0.25, 0.3) is 0 Å². The molecular weight excluding hydrogens is 436 g/mol. The van der Waals surface area contributed by atoms with Crippen LogP contribution in [0.3, 0.4) is 0 Å². The highest BCUT2D eigenvalue weighted by molar-refractivity contribution is 5.96. The summed E-state index contributed by atoms with van der Waals surface area (Å²) in [6.07, 6.45) is 1.59. The van der Waals surface area contributed by atoms with Crippen molar-refractivity contribution in [2.24, 2.45) is 5.16 Å². The first-order valence-electron chi connectivity index (χ1n) is 11.8. The molecule has 0 aliphatic carbocycles. The van der Waals surface area contributed by atoms with Crippen LogP contribution in [0.4, 0.5) is 0 Å². The number of hydrogen-bond donors (Lipinski definition) is 0. The summed E-state index contributed by atoms with van der Waals surface area (Å²) >= 11 is 0. The summed E-state index contributed by atoms with van der Waals surface area (Å²) < 4.78 is 6.01. The normalized spacial score (nSPS) is 11.3. The van der Waals surface area contributed by atoms with Gasteiger partial charge in [-0.3, -0.25) is 15.0 Å². The molecule has 0 amide bonds. The summed E-state index contributed by atoms with van der Waals surface area (Å²) in [7, 11) is 0. The minimum Gasteiger partial charge on any atom is -0.489 e. The van der Waals surface area contributed by atoms with Crippen LogP contribution in [0.25, 0.3) is 11.4 Å². The number of nitrogens with zero attached hydrogens (tertiary/aromatic N) is 4. The Hall–Kier alpha value is -4.06. The van der Waals surface area contributed by atoms with Crippen molar-refractivity contribution in [3.05, 3.63) is 107 Å². The van der Waals surface area contributed by atoms with Crippen LogP contribution in [0.2, 0.25) is 0 Å². The van der Waals surface area contributed by atoms with E-state index in [1.165, 1.54) is 0 Å². The quantitative estimate of drug-likeness (QED) is 0.160. The van der Waals surface area contributed by atoms with E-state index < -0.39 is 0 Å². The Morgan fingerprint density at radius 3 is 2.46 bits per heavy atom. The SMILES string of the molecule is C/C(=N\OCCCc1cccc(-c2cc(OCc3ccccc3)cc(C)n2)n1)c1cccc(C)n1. The van der Waals surface area contributed by atoms with E-state index in [2.05, 4.69) is 27.3 Å². The zero-order chi connectivity index (χ0) is 24.5. The Kier molecular flexibility index (Phi) is 8.17. The van der Waals surface area contributed by atoms with Gasteiger partial charge in [0.15, 0.2) is 0 Å². The number of hydrogen-bond acceptors (Lipinski definition) is 6. The third-order valence-corrected chi connectivity index (χ3v) is 5.37. The average Bonchev–Trinajstić information content (AvgIpc) is 2.87. The van der Waals surface area contributed by atoms with E-state index >= 15 is 0 Å². The lowest BCUT2D eigenvalue weighted by Crippen LogP contribution is -2.02. The number of aryl methyl sites for hydroxylation is 3. The predicted octanol–water partition coefficient (Wildman–Crippen LogP) is 6.11. The fraction of sp³-hybridized carbons (Fsp3) is 0.241. The fourth-order valence-electron chi connectivity index (χ4n) is 3.61. The monoisotopic (exact) mass is 466 g/mol. The highest BCUT2D eigenvalue weighted by Gasteiger charge is 2.08. The first-order chi connectivity index (χ1) is 17.1. The Labute approximate surface area is 206 Å². The number of ether oxygens (including phenoxy) is 1. The van der Waals surface area contributed by atoms with Gasteiger partial charge in [0.05, 0.1) is 17.1 Å². The van der Waals surface area contributed by atoms with E-state index in [4.69, 9.17) is 14.6 Å². The number of oxime groups is 1. The van der Waals surface area contributed by atoms with Gasteiger partial charge < -0.3 is 9.57 Å².